The third kappa shape index (κ3) is 1.58. The van der Waals surface area contributed by atoms with Gasteiger partial charge in [-0.25, -0.2) is 0 Å². The van der Waals surface area contributed by atoms with Crippen LogP contribution in [-0.4, -0.2) is 14.3 Å². The molecule has 0 aromatic rings. The Morgan fingerprint density at radius 1 is 1.00 bits per heavy atom. The van der Waals surface area contributed by atoms with Crippen LogP contribution in [0.25, 0.3) is 0 Å². The van der Waals surface area contributed by atoms with Gasteiger partial charge < -0.3 is 0 Å². The molecule has 0 nitrogen and oxygen atoms in total. The summed E-state index contributed by atoms with van der Waals surface area (Å²) >= 11 is 0. The fourth-order valence-corrected chi connectivity index (χ4v) is 1.13. The first kappa shape index (κ1) is 5.27. The van der Waals surface area contributed by atoms with Crippen LogP contribution in [0.3, 0.4) is 0 Å². The molecule has 0 amide bonds. The molecule has 1 rings (SSSR count). The van der Waals surface area contributed by atoms with E-state index in [9.17, 15) is 0 Å². The maximum atomic E-state index is 5.63. The summed E-state index contributed by atoms with van der Waals surface area (Å²) in [7, 11) is 5.63. The summed E-state index contributed by atoms with van der Waals surface area (Å²) in [6.45, 7) is 0.536. The molecule has 0 N–H and O–H groups in total. The van der Waals surface area contributed by atoms with E-state index in [0.29, 0.717) is 6.60 Å². The van der Waals surface area contributed by atoms with Crippen molar-refractivity contribution in [2.45, 2.75) is 31.9 Å². The molecule has 2 radical (unpaired) electrons. The standard InChI is InChI=1S/C5H10B2/c6-7-4-2-1-3-5-7/h1-5H2. The monoisotopic (exact) mass is 92.1 g/mol. The van der Waals surface area contributed by atoms with E-state index in [1.165, 1.54) is 31.9 Å². The van der Waals surface area contributed by atoms with Gasteiger partial charge in [0, 0.05) is 7.74 Å². The van der Waals surface area contributed by atoms with Crippen molar-refractivity contribution in [3.63, 3.8) is 0 Å². The highest BCUT2D eigenvalue weighted by atomic mass is 13.9. The molecule has 7 heavy (non-hydrogen) atoms. The predicted octanol–water partition coefficient (Wildman–Crippen LogP) is 1.33. The van der Waals surface area contributed by atoms with Gasteiger partial charge in [-0.2, -0.15) is 0 Å². The normalized spacial score (nSPS) is 22.6. The minimum Gasteiger partial charge on any atom is -0.0819 e. The number of hydrogen-bond acceptors (Lipinski definition) is 0. The van der Waals surface area contributed by atoms with Crippen LogP contribution in [0.15, 0.2) is 0 Å². The van der Waals surface area contributed by atoms with Crippen LogP contribution in [0.4, 0.5) is 0 Å². The fraction of sp³-hybridized carbons (Fsp3) is 1.00. The molecule has 1 saturated heterocycles. The van der Waals surface area contributed by atoms with Gasteiger partial charge in [-0.15, -0.1) is 0 Å². The van der Waals surface area contributed by atoms with Crippen LogP contribution in [0.2, 0.25) is 12.6 Å². The smallest absolute Gasteiger partial charge is 0.0819 e. The zero-order valence-corrected chi connectivity index (χ0v) is 4.69. The van der Waals surface area contributed by atoms with Gasteiger partial charge in [0.25, 0.3) is 0 Å². The van der Waals surface area contributed by atoms with Crippen LogP contribution in [0.5, 0.6) is 0 Å². The molecular formula is C5H10B2. The molecule has 1 aliphatic heterocycles. The molecule has 1 aliphatic rings. The first-order chi connectivity index (χ1) is 3.39. The second kappa shape index (κ2) is 2.44. The van der Waals surface area contributed by atoms with Gasteiger partial charge in [-0.05, 0) is 0 Å². The number of rotatable bonds is 0. The van der Waals surface area contributed by atoms with E-state index in [1.807, 2.05) is 0 Å². The molecule has 2 heteroatoms. The maximum absolute atomic E-state index is 5.63. The molecule has 0 spiro atoms. The highest BCUT2D eigenvalue weighted by Crippen LogP contribution is 2.15. The van der Waals surface area contributed by atoms with Crippen molar-refractivity contribution in [2.24, 2.45) is 0 Å². The van der Waals surface area contributed by atoms with E-state index in [2.05, 4.69) is 0 Å². The van der Waals surface area contributed by atoms with Gasteiger partial charge in [0.1, 0.15) is 0 Å². The second-order valence-electron chi connectivity index (χ2n) is 2.40. The Morgan fingerprint density at radius 2 is 1.57 bits per heavy atom. The average Bonchev–Trinajstić information content (AvgIpc) is 1.69. The summed E-state index contributed by atoms with van der Waals surface area (Å²) < 4.78 is 0. The Balaban J connectivity index is 2.12. The highest BCUT2D eigenvalue weighted by Gasteiger charge is 2.08. The van der Waals surface area contributed by atoms with Crippen molar-refractivity contribution < 1.29 is 0 Å². The second-order valence-corrected chi connectivity index (χ2v) is 2.40. The third-order valence-electron chi connectivity index (χ3n) is 1.65. The summed E-state index contributed by atoms with van der Waals surface area (Å²) in [6.07, 6.45) is 6.66. The van der Waals surface area contributed by atoms with Gasteiger partial charge >= 0.3 is 0 Å². The Kier molecular flexibility index (Phi) is 1.84. The summed E-state index contributed by atoms with van der Waals surface area (Å²) in [6, 6.07) is 0. The lowest BCUT2D eigenvalue weighted by atomic mass is 9.27. The SMILES string of the molecule is [B]B1CCCCC1. The van der Waals surface area contributed by atoms with Crippen LogP contribution in [0, 0.1) is 0 Å². The lowest BCUT2D eigenvalue weighted by Crippen LogP contribution is -2.15. The lowest BCUT2D eigenvalue weighted by Gasteiger charge is -2.13. The molecule has 36 valence electrons. The van der Waals surface area contributed by atoms with Crippen molar-refractivity contribution in [3.8, 4) is 0 Å². The summed E-state index contributed by atoms with van der Waals surface area (Å²) in [4.78, 5) is 0. The molecule has 0 aromatic heterocycles. The van der Waals surface area contributed by atoms with E-state index in [4.69, 9.17) is 7.74 Å². The van der Waals surface area contributed by atoms with E-state index >= 15 is 0 Å². The van der Waals surface area contributed by atoms with Crippen LogP contribution in [0.1, 0.15) is 19.3 Å². The van der Waals surface area contributed by atoms with Gasteiger partial charge in [0.2, 0.25) is 0 Å². The lowest BCUT2D eigenvalue weighted by molar-refractivity contribution is 0.730. The van der Waals surface area contributed by atoms with Crippen LogP contribution >= 0.6 is 0 Å². The largest absolute Gasteiger partial charge is 0.0905 e. The quantitative estimate of drug-likeness (QED) is 0.395. The Bertz CT molecular complexity index is 48.0. The molecule has 0 atom stereocenters. The Hall–Kier alpha value is 0.130. The van der Waals surface area contributed by atoms with Gasteiger partial charge in [0.15, 0.2) is 0 Å². The molecule has 0 aromatic carbocycles. The van der Waals surface area contributed by atoms with Crippen molar-refractivity contribution in [2.75, 3.05) is 0 Å². The topological polar surface area (TPSA) is 0 Å². The fourth-order valence-electron chi connectivity index (χ4n) is 1.13. The van der Waals surface area contributed by atoms with Gasteiger partial charge in [-0.1, -0.05) is 31.9 Å². The van der Waals surface area contributed by atoms with Crippen molar-refractivity contribution >= 4 is 14.3 Å². The zero-order chi connectivity index (χ0) is 5.11. The molecule has 1 heterocycles. The summed E-state index contributed by atoms with van der Waals surface area (Å²) in [5.74, 6) is 0. The van der Waals surface area contributed by atoms with Crippen LogP contribution in [-0.2, 0) is 0 Å². The van der Waals surface area contributed by atoms with Gasteiger partial charge in [0.05, 0.1) is 6.60 Å². The maximum Gasteiger partial charge on any atom is 0.0905 e. The summed E-state index contributed by atoms with van der Waals surface area (Å²) in [5.41, 5.74) is 0. The molecular weight excluding hydrogens is 81.7 g/mol. The predicted molar refractivity (Wildman–Crippen MR) is 35.0 cm³/mol. The average molecular weight is 91.8 g/mol. The molecule has 0 unspecified atom stereocenters. The van der Waals surface area contributed by atoms with Crippen molar-refractivity contribution in [1.29, 1.82) is 0 Å². The van der Waals surface area contributed by atoms with Crippen molar-refractivity contribution in [1.82, 2.24) is 0 Å². The van der Waals surface area contributed by atoms with Crippen LogP contribution < -0.4 is 0 Å². The third-order valence-corrected chi connectivity index (χ3v) is 1.65. The first-order valence-corrected chi connectivity index (χ1v) is 3.15. The summed E-state index contributed by atoms with van der Waals surface area (Å²) in [5, 5.41) is 0. The number of hydrogen-bond donors (Lipinski definition) is 0. The molecule has 0 bridgehead atoms. The molecule has 0 saturated carbocycles. The first-order valence-electron chi connectivity index (χ1n) is 3.15. The van der Waals surface area contributed by atoms with E-state index < -0.39 is 0 Å². The van der Waals surface area contributed by atoms with E-state index in [1.54, 1.807) is 0 Å². The van der Waals surface area contributed by atoms with E-state index in [-0.39, 0.29) is 0 Å². The minimum atomic E-state index is 0.536. The molecule has 0 aliphatic carbocycles. The Morgan fingerprint density at radius 3 is 1.86 bits per heavy atom. The van der Waals surface area contributed by atoms with Crippen molar-refractivity contribution in [3.05, 3.63) is 0 Å². The molecule has 1 fully saturated rings. The zero-order valence-electron chi connectivity index (χ0n) is 4.69. The Labute approximate surface area is 47.2 Å². The highest BCUT2D eigenvalue weighted by molar-refractivity contribution is 7.03. The van der Waals surface area contributed by atoms with Gasteiger partial charge in [-0.3, -0.25) is 0 Å². The van der Waals surface area contributed by atoms with E-state index in [0.717, 1.165) is 0 Å². The minimum absolute atomic E-state index is 0.536.